The average molecular weight is 1240 g/mol. The summed E-state index contributed by atoms with van der Waals surface area (Å²) >= 11 is 0. The summed E-state index contributed by atoms with van der Waals surface area (Å²) < 4.78 is 34.4. The molecule has 0 spiro atoms. The number of hydrogen-bond acceptors (Lipinski definition) is 14. The Bertz CT molecular complexity index is 1600. The van der Waals surface area contributed by atoms with Crippen LogP contribution in [-0.4, -0.2) is 153 Å². The molecule has 16 nitrogen and oxygen atoms in total. The van der Waals surface area contributed by atoms with Crippen LogP contribution < -0.4 is 24.8 Å². The molecule has 84 heavy (non-hydrogen) atoms. The largest absolute Gasteiger partial charge is 1.00 e. The minimum absolute atomic E-state index is 0. The molecule has 0 saturated carbocycles. The van der Waals surface area contributed by atoms with Gasteiger partial charge in [-0.3, -0.25) is 19.2 Å². The fourth-order valence-corrected chi connectivity index (χ4v) is 9.44. The molecule has 0 aliphatic heterocycles. The first kappa shape index (κ1) is 84.9. The van der Waals surface area contributed by atoms with Gasteiger partial charge < -0.3 is 72.4 Å². The second-order valence-electron chi connectivity index (χ2n) is 24.1. The molecule has 0 aliphatic rings. The van der Waals surface area contributed by atoms with Crippen LogP contribution >= 0.6 is 0 Å². The summed E-state index contributed by atoms with van der Waals surface area (Å²) in [7, 11) is 7.59. The monoisotopic (exact) mass is 1240 g/mol. The summed E-state index contributed by atoms with van der Waals surface area (Å²) in [5.74, 6) is -1.87. The zero-order valence-corrected chi connectivity index (χ0v) is 55.9. The summed E-state index contributed by atoms with van der Waals surface area (Å²) in [6.45, 7) is 12.0. The average Bonchev–Trinajstić information content (AvgIpc) is 3.40. The van der Waals surface area contributed by atoms with Crippen molar-refractivity contribution in [2.24, 2.45) is 0 Å². The molecule has 0 aliphatic carbocycles. The topological polar surface area (TPSA) is 198 Å². The number of allylic oxidation sites excluding steroid dienone is 2. The maximum atomic E-state index is 13.0. The van der Waals surface area contributed by atoms with E-state index in [0.717, 1.165) is 135 Å². The molecule has 0 bridgehead atoms. The number of carbonyl (C=O) groups is 6. The Balaban J connectivity index is -0.0000328. The lowest BCUT2D eigenvalue weighted by Gasteiger charge is -2.30. The van der Waals surface area contributed by atoms with Gasteiger partial charge in [0.05, 0.1) is 40.4 Å². The van der Waals surface area contributed by atoms with Gasteiger partial charge in [0, 0.05) is 32.1 Å². The third-order valence-corrected chi connectivity index (χ3v) is 14.7. The minimum atomic E-state index is -0.861. The molecule has 0 aromatic rings. The standard InChI is InChI=1S/C66H122N2O14.2ClH/c1-10-15-18-19-24-33-40-49-66(81-62(73)47-38-31-27-22-20-25-29-36-43-56(69)58(45-34-16-11-2)79-64(75)54-67(6,7)50-52-77-60(71)41-13-4)82-63(74)48-39-32-28-23-21-26-30-37-44-57(70)59(46-35-17-12-3)80-65(76)55-68(8,9)51-53-78-61(72)42-14-5;;/h29-30,36-37,56-59,66,69-70H,10-28,31-35,38-55H2,1-9H3;2*1H/q+2;;/p-2/b36-29-,37-30-;;. The summed E-state index contributed by atoms with van der Waals surface area (Å²) in [6, 6.07) is 0. The van der Waals surface area contributed by atoms with Crippen molar-refractivity contribution in [3.63, 3.8) is 0 Å². The van der Waals surface area contributed by atoms with Gasteiger partial charge in [-0.1, -0.05) is 162 Å². The number of aliphatic hydroxyl groups excluding tert-OH is 2. The van der Waals surface area contributed by atoms with E-state index in [4.69, 9.17) is 28.4 Å². The maximum Gasteiger partial charge on any atom is 0.362 e. The van der Waals surface area contributed by atoms with Gasteiger partial charge in [-0.15, -0.1) is 0 Å². The van der Waals surface area contributed by atoms with Crippen molar-refractivity contribution in [1.82, 2.24) is 0 Å². The van der Waals surface area contributed by atoms with Crippen LogP contribution in [-0.2, 0) is 57.2 Å². The first-order chi connectivity index (χ1) is 39.3. The van der Waals surface area contributed by atoms with Crippen LogP contribution in [0.3, 0.4) is 0 Å². The number of esters is 6. The van der Waals surface area contributed by atoms with Gasteiger partial charge in [0.15, 0.2) is 13.1 Å². The number of ether oxygens (including phenoxy) is 6. The maximum absolute atomic E-state index is 13.0. The molecule has 0 aromatic carbocycles. The van der Waals surface area contributed by atoms with Crippen LogP contribution in [0.5, 0.6) is 0 Å². The molecule has 0 saturated heterocycles. The van der Waals surface area contributed by atoms with Crippen molar-refractivity contribution in [3.8, 4) is 0 Å². The van der Waals surface area contributed by atoms with E-state index in [-0.39, 0.29) is 99.8 Å². The van der Waals surface area contributed by atoms with E-state index in [1.807, 2.05) is 54.2 Å². The number of rotatable bonds is 56. The lowest BCUT2D eigenvalue weighted by atomic mass is 10.0. The molecule has 494 valence electrons. The van der Waals surface area contributed by atoms with Crippen molar-refractivity contribution in [2.45, 2.75) is 296 Å². The fourth-order valence-electron chi connectivity index (χ4n) is 9.44. The van der Waals surface area contributed by atoms with Crippen LogP contribution in [0.25, 0.3) is 0 Å². The molecule has 4 atom stereocenters. The second-order valence-corrected chi connectivity index (χ2v) is 24.1. The smallest absolute Gasteiger partial charge is 0.362 e. The van der Waals surface area contributed by atoms with Gasteiger partial charge in [-0.05, 0) is 96.3 Å². The SMILES string of the molecule is CCCCCCCCCC(OC(=O)CCCCCCC/C=C\CC(O)C(CCCCC)OC(=O)C[N+](C)(C)CCOC(=O)CCC)OC(=O)CCCCCCC/C=C\CC(O)C(CCCCC)OC(=O)C[N+](C)(C)CCOC(=O)CCC.[Cl-].[Cl-]. The third kappa shape index (κ3) is 51.9. The van der Waals surface area contributed by atoms with Crippen molar-refractivity contribution in [3.05, 3.63) is 24.3 Å². The third-order valence-electron chi connectivity index (χ3n) is 14.7. The number of carbonyl (C=O) groups excluding carboxylic acids is 6. The molecule has 0 heterocycles. The molecule has 0 rings (SSSR count). The highest BCUT2D eigenvalue weighted by atomic mass is 35.5. The van der Waals surface area contributed by atoms with E-state index in [2.05, 4.69) is 32.9 Å². The van der Waals surface area contributed by atoms with Crippen molar-refractivity contribution in [2.75, 3.05) is 67.6 Å². The van der Waals surface area contributed by atoms with Crippen molar-refractivity contribution >= 4 is 35.8 Å². The number of aliphatic hydroxyl groups is 2. The van der Waals surface area contributed by atoms with E-state index in [1.54, 1.807) is 0 Å². The zero-order chi connectivity index (χ0) is 61.1. The van der Waals surface area contributed by atoms with Crippen LogP contribution in [0.2, 0.25) is 0 Å². The Hall–Kier alpha value is -3.28. The number of quaternary nitrogens is 2. The fraction of sp³-hybridized carbons (Fsp3) is 0.848. The second kappa shape index (κ2) is 56.2. The lowest BCUT2D eigenvalue weighted by Crippen LogP contribution is -3.00. The summed E-state index contributed by atoms with van der Waals surface area (Å²) in [4.78, 5) is 75.4. The first-order valence-electron chi connectivity index (χ1n) is 32.7. The predicted octanol–water partition coefficient (Wildman–Crippen LogP) is 7.45. The summed E-state index contributed by atoms with van der Waals surface area (Å²) in [5, 5.41) is 22.1. The molecule has 18 heteroatoms. The van der Waals surface area contributed by atoms with E-state index in [1.165, 1.54) is 25.7 Å². The van der Waals surface area contributed by atoms with Crippen LogP contribution in [0, 0.1) is 0 Å². The quantitative estimate of drug-likeness (QED) is 0.0152. The van der Waals surface area contributed by atoms with E-state index >= 15 is 0 Å². The lowest BCUT2D eigenvalue weighted by molar-refractivity contribution is -0.883. The molecule has 4 unspecified atom stereocenters. The van der Waals surface area contributed by atoms with Gasteiger partial charge in [-0.25, -0.2) is 9.59 Å². The highest BCUT2D eigenvalue weighted by molar-refractivity contribution is 5.72. The van der Waals surface area contributed by atoms with Gasteiger partial charge in [0.1, 0.15) is 38.5 Å². The molecular weight excluding hydrogens is 1120 g/mol. The zero-order valence-electron chi connectivity index (χ0n) is 54.3. The highest BCUT2D eigenvalue weighted by Crippen LogP contribution is 2.20. The predicted molar refractivity (Wildman–Crippen MR) is 326 cm³/mol. The Morgan fingerprint density at radius 2 is 0.702 bits per heavy atom. The number of halogens is 2. The summed E-state index contributed by atoms with van der Waals surface area (Å²) in [6.07, 6.45) is 34.2. The Labute approximate surface area is 523 Å². The van der Waals surface area contributed by atoms with E-state index in [0.29, 0.717) is 79.8 Å². The number of nitrogens with zero attached hydrogens (tertiary/aromatic N) is 2. The molecule has 0 radical (unpaired) electrons. The molecule has 2 N–H and O–H groups in total. The van der Waals surface area contributed by atoms with E-state index in [9.17, 15) is 39.0 Å². The Morgan fingerprint density at radius 1 is 0.369 bits per heavy atom. The van der Waals surface area contributed by atoms with Crippen molar-refractivity contribution in [1.29, 1.82) is 0 Å². The number of hydrogen-bond donors (Lipinski definition) is 2. The van der Waals surface area contributed by atoms with Crippen molar-refractivity contribution < 1.29 is 101 Å². The molecular formula is C66H122Cl2N2O14. The van der Waals surface area contributed by atoms with E-state index < -0.39 is 30.7 Å². The normalized spacial score (nSPS) is 13.5. The molecule has 0 fully saturated rings. The Morgan fingerprint density at radius 3 is 1.08 bits per heavy atom. The molecule has 0 amide bonds. The first-order valence-corrected chi connectivity index (χ1v) is 32.7. The van der Waals surface area contributed by atoms with Crippen LogP contribution in [0.4, 0.5) is 0 Å². The van der Waals surface area contributed by atoms with Crippen LogP contribution in [0.1, 0.15) is 266 Å². The molecule has 0 aromatic heterocycles. The number of unbranched alkanes of at least 4 members (excludes halogenated alkanes) is 20. The number of likely N-dealkylation sites (N-methyl/N-ethyl adjacent to an activating group) is 2. The Kier molecular flexibility index (Phi) is 56.9. The van der Waals surface area contributed by atoms with Gasteiger partial charge in [0.2, 0.25) is 6.29 Å². The van der Waals surface area contributed by atoms with Crippen LogP contribution in [0.15, 0.2) is 24.3 Å². The summed E-state index contributed by atoms with van der Waals surface area (Å²) in [5.41, 5.74) is 0. The van der Waals surface area contributed by atoms with Gasteiger partial charge >= 0.3 is 35.8 Å². The van der Waals surface area contributed by atoms with Gasteiger partial charge in [-0.2, -0.15) is 0 Å². The van der Waals surface area contributed by atoms with Gasteiger partial charge in [0.25, 0.3) is 0 Å². The minimum Gasteiger partial charge on any atom is -1.00 e. The highest BCUT2D eigenvalue weighted by Gasteiger charge is 2.29.